The zero-order valence-corrected chi connectivity index (χ0v) is 5.11. The molecule has 6 nitrogen and oxygen atoms in total. The van der Waals surface area contributed by atoms with Crippen molar-refractivity contribution >= 4 is 11.9 Å². The average Bonchev–Trinajstić information content (AvgIpc) is 1.85. The van der Waals surface area contributed by atoms with Crippen molar-refractivity contribution in [2.75, 3.05) is 0 Å². The van der Waals surface area contributed by atoms with E-state index in [1.54, 1.807) is 0 Å². The molecule has 0 aromatic heterocycles. The number of rotatable bonds is 3. The topological polar surface area (TPSA) is 116 Å². The highest BCUT2D eigenvalue weighted by Gasteiger charge is 2.17. The average molecular weight is 148 g/mol. The van der Waals surface area contributed by atoms with E-state index in [0.29, 0.717) is 0 Å². The first kappa shape index (κ1) is 8.86. The van der Waals surface area contributed by atoms with Crippen LogP contribution in [0, 0.1) is 0 Å². The number of carbonyl (C=O) groups is 2. The first-order valence-electron chi connectivity index (χ1n) is 2.46. The van der Waals surface area contributed by atoms with Crippen molar-refractivity contribution in [3.05, 3.63) is 0 Å². The Kier molecular flexibility index (Phi) is 3.37. The Hall–Kier alpha value is -1.14. The van der Waals surface area contributed by atoms with Gasteiger partial charge in [-0.1, -0.05) is 0 Å². The quantitative estimate of drug-likeness (QED) is 0.407. The molecule has 0 aliphatic rings. The molecule has 0 radical (unpaired) electrons. The maximum Gasteiger partial charge on any atom is 0.341 e. The first-order valence-corrected chi connectivity index (χ1v) is 2.46. The molecule has 0 amide bonds. The molecule has 0 heterocycles. The Balaban J connectivity index is 3.72. The fraction of sp³-hybridized carbons (Fsp3) is 0.500. The largest absolute Gasteiger partial charge is 0.481 e. The van der Waals surface area contributed by atoms with Gasteiger partial charge in [0, 0.05) is 0 Å². The SMILES string of the molecule is NOC(=O)[C@@H](N)CC(=O)O. The number of hydrogen-bond acceptors (Lipinski definition) is 5. The van der Waals surface area contributed by atoms with E-state index in [0.717, 1.165) is 0 Å². The second-order valence-corrected chi connectivity index (χ2v) is 1.64. The molecule has 5 N–H and O–H groups in total. The van der Waals surface area contributed by atoms with Crippen molar-refractivity contribution in [2.24, 2.45) is 11.6 Å². The molecule has 58 valence electrons. The molecule has 1 atom stereocenters. The first-order chi connectivity index (χ1) is 4.57. The lowest BCUT2D eigenvalue weighted by Gasteiger charge is -2.03. The number of nitrogens with two attached hydrogens (primary N) is 2. The molecule has 0 aliphatic carbocycles. The molecule has 0 saturated heterocycles. The maximum atomic E-state index is 10.3. The molecule has 10 heavy (non-hydrogen) atoms. The van der Waals surface area contributed by atoms with Crippen molar-refractivity contribution in [1.29, 1.82) is 0 Å². The Labute approximate surface area is 56.7 Å². The smallest absolute Gasteiger partial charge is 0.341 e. The van der Waals surface area contributed by atoms with Gasteiger partial charge in [0.25, 0.3) is 0 Å². The van der Waals surface area contributed by atoms with Crippen molar-refractivity contribution < 1.29 is 19.5 Å². The van der Waals surface area contributed by atoms with E-state index < -0.39 is 24.4 Å². The minimum Gasteiger partial charge on any atom is -0.481 e. The number of aliphatic carboxylic acids is 1. The minimum absolute atomic E-state index is 0.476. The number of hydrogen-bond donors (Lipinski definition) is 3. The van der Waals surface area contributed by atoms with Gasteiger partial charge in [-0.25, -0.2) is 4.79 Å². The lowest BCUT2D eigenvalue weighted by molar-refractivity contribution is -0.149. The highest BCUT2D eigenvalue weighted by Crippen LogP contribution is 1.88. The van der Waals surface area contributed by atoms with E-state index in [-0.39, 0.29) is 0 Å². The third-order valence-electron chi connectivity index (χ3n) is 0.813. The van der Waals surface area contributed by atoms with Gasteiger partial charge < -0.3 is 15.7 Å². The molecule has 0 aromatic rings. The van der Waals surface area contributed by atoms with Crippen LogP contribution in [0.3, 0.4) is 0 Å². The highest BCUT2D eigenvalue weighted by molar-refractivity contribution is 5.81. The summed E-state index contributed by atoms with van der Waals surface area (Å²) in [5, 5.41) is 8.10. The molecule has 0 rings (SSSR count). The van der Waals surface area contributed by atoms with Gasteiger partial charge in [0.15, 0.2) is 0 Å². The van der Waals surface area contributed by atoms with Gasteiger partial charge in [-0.15, -0.1) is 0 Å². The van der Waals surface area contributed by atoms with Gasteiger partial charge in [-0.2, -0.15) is 5.90 Å². The van der Waals surface area contributed by atoms with Crippen molar-refractivity contribution in [2.45, 2.75) is 12.5 Å². The van der Waals surface area contributed by atoms with Crippen molar-refractivity contribution in [1.82, 2.24) is 0 Å². The van der Waals surface area contributed by atoms with Crippen LogP contribution in [0.5, 0.6) is 0 Å². The van der Waals surface area contributed by atoms with Gasteiger partial charge >= 0.3 is 11.9 Å². The molecule has 0 saturated carbocycles. The van der Waals surface area contributed by atoms with Crippen LogP contribution in [-0.2, 0) is 14.4 Å². The fourth-order valence-electron chi connectivity index (χ4n) is 0.359. The Morgan fingerprint density at radius 2 is 2.10 bits per heavy atom. The molecule has 6 heteroatoms. The molecule has 0 aliphatic heterocycles. The Morgan fingerprint density at radius 3 is 2.40 bits per heavy atom. The maximum absolute atomic E-state index is 10.3. The summed E-state index contributed by atoms with van der Waals surface area (Å²) in [5.41, 5.74) is 4.99. The predicted molar refractivity (Wildman–Crippen MR) is 30.5 cm³/mol. The summed E-state index contributed by atoms with van der Waals surface area (Å²) in [6.07, 6.45) is -0.476. The lowest BCUT2D eigenvalue weighted by atomic mass is 10.2. The molecular formula is C4H8N2O4. The van der Waals surface area contributed by atoms with Crippen LogP contribution in [-0.4, -0.2) is 23.1 Å². The summed E-state index contributed by atoms with van der Waals surface area (Å²) in [6.45, 7) is 0. The van der Waals surface area contributed by atoms with E-state index in [4.69, 9.17) is 10.8 Å². The molecule has 0 fully saturated rings. The highest BCUT2D eigenvalue weighted by atomic mass is 16.7. The second-order valence-electron chi connectivity index (χ2n) is 1.64. The van der Waals surface area contributed by atoms with Crippen LogP contribution in [0.25, 0.3) is 0 Å². The molecule has 0 spiro atoms. The Bertz CT molecular complexity index is 146. The predicted octanol–water partition coefficient (Wildman–Crippen LogP) is -1.79. The molecule has 0 bridgehead atoms. The van der Waals surface area contributed by atoms with Gasteiger partial charge in [0.1, 0.15) is 6.04 Å². The summed E-state index contributed by atoms with van der Waals surface area (Å²) in [7, 11) is 0. The fourth-order valence-corrected chi connectivity index (χ4v) is 0.359. The molecule has 0 unspecified atom stereocenters. The van der Waals surface area contributed by atoms with Crippen LogP contribution in [0.2, 0.25) is 0 Å². The van der Waals surface area contributed by atoms with Crippen LogP contribution >= 0.6 is 0 Å². The summed E-state index contributed by atoms with van der Waals surface area (Å²) in [6, 6.07) is -1.18. The van der Waals surface area contributed by atoms with E-state index in [9.17, 15) is 9.59 Å². The van der Waals surface area contributed by atoms with Crippen molar-refractivity contribution in [3.8, 4) is 0 Å². The minimum atomic E-state index is -1.18. The van der Waals surface area contributed by atoms with E-state index in [1.165, 1.54) is 0 Å². The van der Waals surface area contributed by atoms with Crippen LogP contribution in [0.4, 0.5) is 0 Å². The van der Waals surface area contributed by atoms with Crippen LogP contribution < -0.4 is 11.6 Å². The standard InChI is InChI=1S/C4H8N2O4/c5-2(1-3(7)8)4(9)10-6/h2H,1,5-6H2,(H,7,8)/t2-/m0/s1. The van der Waals surface area contributed by atoms with E-state index >= 15 is 0 Å². The lowest BCUT2D eigenvalue weighted by Crippen LogP contribution is -2.35. The number of carbonyl (C=O) groups excluding carboxylic acids is 1. The van der Waals surface area contributed by atoms with Gasteiger partial charge in [-0.05, 0) is 0 Å². The zero-order chi connectivity index (χ0) is 8.15. The second kappa shape index (κ2) is 3.80. The van der Waals surface area contributed by atoms with Crippen LogP contribution in [0.1, 0.15) is 6.42 Å². The Morgan fingerprint density at radius 1 is 1.60 bits per heavy atom. The summed E-state index contributed by atoms with van der Waals surface area (Å²) >= 11 is 0. The van der Waals surface area contributed by atoms with Crippen LogP contribution in [0.15, 0.2) is 0 Å². The van der Waals surface area contributed by atoms with E-state index in [2.05, 4.69) is 10.7 Å². The molecule has 0 aromatic carbocycles. The van der Waals surface area contributed by atoms with Gasteiger partial charge in [-0.3, -0.25) is 4.79 Å². The molecular weight excluding hydrogens is 140 g/mol. The summed E-state index contributed by atoms with van der Waals surface area (Å²) in [5.74, 6) is 2.33. The zero-order valence-electron chi connectivity index (χ0n) is 5.11. The summed E-state index contributed by atoms with van der Waals surface area (Å²) in [4.78, 5) is 23.9. The third kappa shape index (κ3) is 3.00. The third-order valence-corrected chi connectivity index (χ3v) is 0.813. The summed E-state index contributed by atoms with van der Waals surface area (Å²) < 4.78 is 0. The normalized spacial score (nSPS) is 12.2. The van der Waals surface area contributed by atoms with Gasteiger partial charge in [0.2, 0.25) is 0 Å². The van der Waals surface area contributed by atoms with Crippen molar-refractivity contribution in [3.63, 3.8) is 0 Å². The number of carboxylic acid groups (broad SMARTS) is 1. The number of carboxylic acids is 1. The monoisotopic (exact) mass is 148 g/mol. The van der Waals surface area contributed by atoms with Gasteiger partial charge in [0.05, 0.1) is 6.42 Å². The van der Waals surface area contributed by atoms with E-state index in [1.807, 2.05) is 0 Å².